The topological polar surface area (TPSA) is 378 Å². The zero-order valence-corrected chi connectivity index (χ0v) is 51.6. The van der Waals surface area contributed by atoms with E-state index in [1.54, 1.807) is 140 Å². The molecule has 0 spiro atoms. The first-order chi connectivity index (χ1) is 39.1. The van der Waals surface area contributed by atoms with Gasteiger partial charge in [0.25, 0.3) is 0 Å². The highest BCUT2D eigenvalue weighted by Gasteiger charge is 2.35. The molecule has 85 heavy (non-hydrogen) atoms. The lowest BCUT2D eigenvalue weighted by Crippen LogP contribution is -2.59. The third-order valence-corrected chi connectivity index (χ3v) is 11.4. The number of phenols is 1. The first-order valence-electron chi connectivity index (χ1n) is 28.1. The van der Waals surface area contributed by atoms with E-state index >= 15 is 0 Å². The van der Waals surface area contributed by atoms with Crippen molar-refractivity contribution in [3.8, 4) is 16.9 Å². The number of hydrogen-bond acceptors (Lipinski definition) is 17. The summed E-state index contributed by atoms with van der Waals surface area (Å²) in [7, 11) is 0. The number of alkyl carbamates (subject to hydrolysis) is 5. The van der Waals surface area contributed by atoms with Crippen LogP contribution in [0.3, 0.4) is 0 Å². The number of hydrogen-bond donors (Lipinski definition) is 12. The lowest BCUT2D eigenvalue weighted by Gasteiger charge is -2.28. The van der Waals surface area contributed by atoms with Crippen molar-refractivity contribution in [1.82, 2.24) is 53.2 Å². The number of phenolic OH excluding ortho intramolecular Hbond substituents is 1. The summed E-state index contributed by atoms with van der Waals surface area (Å²) < 4.78 is 26.8. The Balaban J connectivity index is 1.99. The standard InChI is InChI=1S/C58H90N10O17/c1-54(2,3)81-49(76)61-25-24-60-44(71)38(66-51(78)83-56(7,8)9)20-17-23-59-46(73)42(68-53(80)85-58(13,14)15)32-62-45(72)39-27-33-18-16-19-34(26-33)35-21-22-43(70)36(28-35)29-40(67-52(79)84-57(10,11)12)47(74)65-41(48(75)64-39)30-37(69)31-63-50(77)82-55(4,5)6/h16,18-19,21-22,26,28,37-42,69-70H,17,20,23-25,27,29-32H2,1-15H3,(H,59,73)(H,60,71)(H,61,76)(H,62,72)(H,63,77)(H,64,75)(H,65,74)(H,66,78)(H,67,79)(H,68,80)/t37-,38+,39+,40+,41+,42+/m1/s1. The summed E-state index contributed by atoms with van der Waals surface area (Å²) in [6.07, 6.45) is -7.13. The molecule has 1 heterocycles. The van der Waals surface area contributed by atoms with Crippen LogP contribution in [0.15, 0.2) is 42.5 Å². The molecule has 474 valence electrons. The Morgan fingerprint density at radius 3 is 1.65 bits per heavy atom. The van der Waals surface area contributed by atoms with Gasteiger partial charge in [0.2, 0.25) is 29.5 Å². The zero-order chi connectivity index (χ0) is 64.3. The molecule has 0 aromatic heterocycles. The molecular formula is C58H90N10O17. The Hall–Kier alpha value is -8.10. The number of carbonyl (C=O) groups excluding carboxylic acids is 10. The van der Waals surface area contributed by atoms with Crippen molar-refractivity contribution in [3.63, 3.8) is 0 Å². The normalized spacial score (nSPS) is 16.9. The van der Waals surface area contributed by atoms with Crippen LogP contribution in [-0.2, 0) is 60.5 Å². The van der Waals surface area contributed by atoms with Gasteiger partial charge in [0.1, 0.15) is 64.0 Å². The summed E-state index contributed by atoms with van der Waals surface area (Å²) in [5, 5.41) is 48.0. The Labute approximate surface area is 497 Å². The van der Waals surface area contributed by atoms with E-state index in [4.69, 9.17) is 23.7 Å². The maximum absolute atomic E-state index is 14.6. The molecular weight excluding hydrogens is 1110 g/mol. The summed E-state index contributed by atoms with van der Waals surface area (Å²) in [4.78, 5) is 135. The lowest BCUT2D eigenvalue weighted by atomic mass is 9.96. The molecule has 27 nitrogen and oxygen atoms in total. The van der Waals surface area contributed by atoms with Gasteiger partial charge in [-0.1, -0.05) is 30.3 Å². The summed E-state index contributed by atoms with van der Waals surface area (Å²) >= 11 is 0. The molecule has 0 radical (unpaired) electrons. The van der Waals surface area contributed by atoms with Crippen LogP contribution in [0.1, 0.15) is 134 Å². The molecule has 4 bridgehead atoms. The molecule has 0 saturated heterocycles. The minimum absolute atomic E-state index is 0.00298. The first-order valence-corrected chi connectivity index (χ1v) is 28.1. The van der Waals surface area contributed by atoms with Gasteiger partial charge in [-0.15, -0.1) is 0 Å². The fraction of sp³-hybridized carbons (Fsp3) is 0.621. The molecule has 0 saturated carbocycles. The molecule has 0 unspecified atom stereocenters. The predicted octanol–water partition coefficient (Wildman–Crippen LogP) is 3.74. The number of rotatable bonds is 19. The maximum atomic E-state index is 14.6. The van der Waals surface area contributed by atoms with Crippen LogP contribution in [-0.4, -0.2) is 167 Å². The Bertz CT molecular complexity index is 2670. The van der Waals surface area contributed by atoms with E-state index in [0.29, 0.717) is 16.7 Å². The SMILES string of the molecule is CC(C)(C)OC(=O)NCCNC(=O)[C@H](CCCNC(=O)[C@H](CNC(=O)[C@@H]1Cc2cccc(c2)-c2ccc(O)c(c2)C[C@H](NC(=O)OC(C)(C)C)C(=O)N[C@@H](C[C@@H](O)CNC(=O)OC(C)(C)C)C(=O)N1)NC(=O)OC(C)(C)C)NC(=O)OC(C)(C)C. The van der Waals surface area contributed by atoms with Crippen LogP contribution in [0.2, 0.25) is 0 Å². The van der Waals surface area contributed by atoms with Gasteiger partial charge in [0.05, 0.1) is 6.10 Å². The van der Waals surface area contributed by atoms with E-state index in [1.807, 2.05) is 0 Å². The predicted molar refractivity (Wildman–Crippen MR) is 312 cm³/mol. The number of ether oxygens (including phenoxy) is 5. The van der Waals surface area contributed by atoms with Gasteiger partial charge in [-0.2, -0.15) is 0 Å². The molecule has 3 rings (SSSR count). The number of carbonyl (C=O) groups is 10. The number of aliphatic hydroxyl groups is 1. The maximum Gasteiger partial charge on any atom is 0.408 e. The molecule has 6 atom stereocenters. The Kier molecular flexibility index (Phi) is 26.1. The highest BCUT2D eigenvalue weighted by Crippen LogP contribution is 2.29. The Morgan fingerprint density at radius 2 is 1.06 bits per heavy atom. The van der Waals surface area contributed by atoms with E-state index in [-0.39, 0.29) is 56.6 Å². The fourth-order valence-corrected chi connectivity index (χ4v) is 7.91. The average molecular weight is 1200 g/mol. The molecule has 27 heteroatoms. The summed E-state index contributed by atoms with van der Waals surface area (Å²) in [5.74, 6) is -4.54. The van der Waals surface area contributed by atoms with Gasteiger partial charge in [-0.25, -0.2) is 24.0 Å². The van der Waals surface area contributed by atoms with Gasteiger partial charge in [0, 0.05) is 52.0 Å². The quantitative estimate of drug-likeness (QED) is 0.0704. The minimum Gasteiger partial charge on any atom is -0.508 e. The van der Waals surface area contributed by atoms with Crippen LogP contribution in [0.4, 0.5) is 24.0 Å². The van der Waals surface area contributed by atoms with Gasteiger partial charge < -0.3 is 87.1 Å². The van der Waals surface area contributed by atoms with Crippen LogP contribution in [0.25, 0.3) is 11.1 Å². The number of amides is 10. The number of aromatic hydroxyl groups is 1. The summed E-state index contributed by atoms with van der Waals surface area (Å²) in [6, 6.07) is 4.09. The molecule has 0 aliphatic carbocycles. The smallest absolute Gasteiger partial charge is 0.408 e. The largest absolute Gasteiger partial charge is 0.508 e. The van der Waals surface area contributed by atoms with E-state index in [2.05, 4.69) is 53.2 Å². The molecule has 2 aromatic rings. The van der Waals surface area contributed by atoms with E-state index in [9.17, 15) is 58.2 Å². The van der Waals surface area contributed by atoms with Crippen molar-refractivity contribution in [2.75, 3.05) is 32.7 Å². The third kappa shape index (κ3) is 28.8. The zero-order valence-electron chi connectivity index (χ0n) is 51.6. The van der Waals surface area contributed by atoms with Crippen LogP contribution in [0.5, 0.6) is 5.75 Å². The van der Waals surface area contributed by atoms with E-state index in [0.717, 1.165) is 0 Å². The summed E-state index contributed by atoms with van der Waals surface area (Å²) in [6.45, 7) is 23.3. The van der Waals surface area contributed by atoms with E-state index in [1.165, 1.54) is 6.07 Å². The van der Waals surface area contributed by atoms with Crippen LogP contribution >= 0.6 is 0 Å². The van der Waals surface area contributed by atoms with Crippen molar-refractivity contribution in [2.24, 2.45) is 0 Å². The Morgan fingerprint density at radius 1 is 0.553 bits per heavy atom. The average Bonchev–Trinajstić information content (AvgIpc) is 3.37. The second-order valence-electron chi connectivity index (χ2n) is 25.3. The van der Waals surface area contributed by atoms with Crippen molar-refractivity contribution in [3.05, 3.63) is 53.6 Å². The second kappa shape index (κ2) is 31.2. The fourth-order valence-electron chi connectivity index (χ4n) is 7.91. The molecule has 1 aliphatic heterocycles. The highest BCUT2D eigenvalue weighted by molar-refractivity contribution is 5.95. The lowest BCUT2D eigenvalue weighted by molar-refractivity contribution is -0.133. The number of benzene rings is 2. The van der Waals surface area contributed by atoms with Gasteiger partial charge >= 0.3 is 30.5 Å². The van der Waals surface area contributed by atoms with E-state index < -0.39 is 144 Å². The number of nitrogens with one attached hydrogen (secondary N) is 10. The third-order valence-electron chi connectivity index (χ3n) is 11.4. The van der Waals surface area contributed by atoms with Gasteiger partial charge in [-0.05, 0) is 151 Å². The number of aliphatic hydroxyl groups excluding tert-OH is 1. The highest BCUT2D eigenvalue weighted by atomic mass is 16.6. The minimum atomic E-state index is -1.68. The number of fused-ring (bicyclic) bond motifs is 5. The molecule has 1 aliphatic rings. The molecule has 2 aromatic carbocycles. The van der Waals surface area contributed by atoms with Crippen LogP contribution in [0, 0.1) is 0 Å². The van der Waals surface area contributed by atoms with Crippen molar-refractivity contribution < 1.29 is 81.8 Å². The van der Waals surface area contributed by atoms with Crippen molar-refractivity contribution in [2.45, 2.75) is 200 Å². The van der Waals surface area contributed by atoms with Crippen molar-refractivity contribution >= 4 is 60.0 Å². The molecule has 10 amide bonds. The van der Waals surface area contributed by atoms with Gasteiger partial charge in [-0.3, -0.25) is 24.0 Å². The molecule has 12 N–H and O–H groups in total. The first kappa shape index (κ1) is 71.2. The van der Waals surface area contributed by atoms with Crippen LogP contribution < -0.4 is 53.2 Å². The van der Waals surface area contributed by atoms with Crippen molar-refractivity contribution in [1.29, 1.82) is 0 Å². The summed E-state index contributed by atoms with van der Waals surface area (Å²) in [5.41, 5.74) is -2.72. The molecule has 0 fully saturated rings. The van der Waals surface area contributed by atoms with Gasteiger partial charge in [0.15, 0.2) is 0 Å². The second-order valence-corrected chi connectivity index (χ2v) is 25.3. The monoisotopic (exact) mass is 1200 g/mol.